The fourth-order valence-electron chi connectivity index (χ4n) is 4.59. The molecule has 1 saturated heterocycles. The molecule has 170 valence electrons. The van der Waals surface area contributed by atoms with Crippen LogP contribution in [0, 0.1) is 13.8 Å². The van der Waals surface area contributed by atoms with E-state index in [1.807, 2.05) is 43.0 Å². The van der Waals surface area contributed by atoms with Gasteiger partial charge in [-0.3, -0.25) is 14.2 Å². The third-order valence-corrected chi connectivity index (χ3v) is 8.61. The summed E-state index contributed by atoms with van der Waals surface area (Å²) < 4.78 is 1.68. The third kappa shape index (κ3) is 4.25. The largest absolute Gasteiger partial charge is 0.337 e. The Morgan fingerprint density at radius 2 is 1.81 bits per heavy atom. The van der Waals surface area contributed by atoms with Gasteiger partial charge in [-0.2, -0.15) is 0 Å². The molecule has 0 N–H and O–H groups in total. The molecule has 7 heteroatoms. The first-order valence-electron chi connectivity index (χ1n) is 11.4. The molecule has 3 heterocycles. The summed E-state index contributed by atoms with van der Waals surface area (Å²) in [6, 6.07) is 8.57. The number of aryl methyl sites for hydroxylation is 3. The highest BCUT2D eigenvalue weighted by molar-refractivity contribution is 7.99. The number of thioether (sulfide) groups is 1. The lowest BCUT2D eigenvalue weighted by Crippen LogP contribution is -2.48. The van der Waals surface area contributed by atoms with Gasteiger partial charge in [-0.15, -0.1) is 11.3 Å². The zero-order valence-corrected chi connectivity index (χ0v) is 21.1. The summed E-state index contributed by atoms with van der Waals surface area (Å²) >= 11 is 2.92. The second-order valence-electron chi connectivity index (χ2n) is 8.74. The lowest BCUT2D eigenvalue weighted by molar-refractivity contribution is -0.134. The molecule has 2 atom stereocenters. The van der Waals surface area contributed by atoms with Gasteiger partial charge in [0.2, 0.25) is 5.91 Å². The summed E-state index contributed by atoms with van der Waals surface area (Å²) in [5.74, 6) is 0.402. The number of piperidine rings is 1. The molecule has 3 aromatic rings. The SMILES string of the molecule is CCc1ccc(-n2c(SCC(=O)N3[C@H](C)CCC[C@H]3C)nc3sc(C)c(C)c3c2=O)cc1. The molecule has 1 aromatic carbocycles. The molecular formula is C25H31N3O2S2. The summed E-state index contributed by atoms with van der Waals surface area (Å²) in [5.41, 5.74) is 2.94. The number of thiophene rings is 1. The highest BCUT2D eigenvalue weighted by atomic mass is 32.2. The molecule has 0 saturated carbocycles. The fourth-order valence-corrected chi connectivity index (χ4v) is 6.55. The minimum absolute atomic E-state index is 0.0595. The first-order valence-corrected chi connectivity index (χ1v) is 13.2. The van der Waals surface area contributed by atoms with Crippen LogP contribution in [-0.2, 0) is 11.2 Å². The van der Waals surface area contributed by atoms with E-state index in [2.05, 4.69) is 20.8 Å². The van der Waals surface area contributed by atoms with E-state index in [1.54, 1.807) is 15.9 Å². The topological polar surface area (TPSA) is 55.2 Å². The van der Waals surface area contributed by atoms with E-state index >= 15 is 0 Å². The van der Waals surface area contributed by atoms with Crippen molar-refractivity contribution in [2.75, 3.05) is 5.75 Å². The van der Waals surface area contributed by atoms with E-state index in [0.717, 1.165) is 40.2 Å². The molecule has 2 aromatic heterocycles. The minimum Gasteiger partial charge on any atom is -0.337 e. The van der Waals surface area contributed by atoms with E-state index in [9.17, 15) is 9.59 Å². The maximum absolute atomic E-state index is 13.6. The Morgan fingerprint density at radius 1 is 1.16 bits per heavy atom. The molecule has 0 aliphatic carbocycles. The maximum atomic E-state index is 13.6. The van der Waals surface area contributed by atoms with Gasteiger partial charge < -0.3 is 4.90 Å². The lowest BCUT2D eigenvalue weighted by atomic mass is 9.98. The summed E-state index contributed by atoms with van der Waals surface area (Å²) in [6.07, 6.45) is 4.21. The van der Waals surface area contributed by atoms with Crippen LogP contribution in [-0.4, -0.2) is 38.2 Å². The number of carbonyl (C=O) groups excluding carboxylic acids is 1. The van der Waals surface area contributed by atoms with Crippen molar-refractivity contribution in [2.45, 2.75) is 77.5 Å². The highest BCUT2D eigenvalue weighted by Gasteiger charge is 2.29. The standard InChI is InChI=1S/C25H31N3O2S2/c1-6-19-10-12-20(13-11-19)28-24(30)22-17(4)18(5)32-23(22)26-25(28)31-14-21(29)27-15(2)8-7-9-16(27)3/h10-13,15-16H,6-9,14H2,1-5H3/t15-,16-/m1/s1. The van der Waals surface area contributed by atoms with Crippen molar-refractivity contribution in [3.63, 3.8) is 0 Å². The summed E-state index contributed by atoms with van der Waals surface area (Å²) in [5, 5.41) is 1.26. The molecule has 0 bridgehead atoms. The Hall–Kier alpha value is -2.12. The Kier molecular flexibility index (Phi) is 6.77. The quantitative estimate of drug-likeness (QED) is 0.365. The molecule has 1 aliphatic heterocycles. The molecule has 5 nitrogen and oxygen atoms in total. The number of rotatable bonds is 5. The molecular weight excluding hydrogens is 438 g/mol. The van der Waals surface area contributed by atoms with Crippen LogP contribution in [0.5, 0.6) is 0 Å². The Morgan fingerprint density at radius 3 is 2.44 bits per heavy atom. The molecule has 32 heavy (non-hydrogen) atoms. The van der Waals surface area contributed by atoms with Gasteiger partial charge in [0, 0.05) is 17.0 Å². The molecule has 1 aliphatic rings. The number of carbonyl (C=O) groups is 1. The second kappa shape index (κ2) is 9.40. The van der Waals surface area contributed by atoms with Crippen LogP contribution in [0.25, 0.3) is 15.9 Å². The van der Waals surface area contributed by atoms with Gasteiger partial charge in [0.05, 0.1) is 16.8 Å². The van der Waals surface area contributed by atoms with Crippen molar-refractivity contribution in [1.82, 2.24) is 14.5 Å². The predicted octanol–water partition coefficient (Wildman–Crippen LogP) is 5.51. The molecule has 1 amide bonds. The first kappa shape index (κ1) is 23.1. The Labute approximate surface area is 197 Å². The van der Waals surface area contributed by atoms with E-state index in [0.29, 0.717) is 10.5 Å². The zero-order chi connectivity index (χ0) is 23.0. The summed E-state index contributed by atoms with van der Waals surface area (Å²) in [4.78, 5) is 35.5. The molecule has 0 radical (unpaired) electrons. The van der Waals surface area contributed by atoms with E-state index in [4.69, 9.17) is 4.98 Å². The lowest BCUT2D eigenvalue weighted by Gasteiger charge is -2.39. The maximum Gasteiger partial charge on any atom is 0.267 e. The van der Waals surface area contributed by atoms with Crippen molar-refractivity contribution >= 4 is 39.2 Å². The van der Waals surface area contributed by atoms with E-state index in [1.165, 1.54) is 23.7 Å². The van der Waals surface area contributed by atoms with Gasteiger partial charge in [0.1, 0.15) is 4.83 Å². The molecule has 0 unspecified atom stereocenters. The predicted molar refractivity (Wildman–Crippen MR) is 134 cm³/mol. The van der Waals surface area contributed by atoms with Crippen LogP contribution in [0.3, 0.4) is 0 Å². The molecule has 1 fully saturated rings. The van der Waals surface area contributed by atoms with E-state index < -0.39 is 0 Å². The number of nitrogens with zero attached hydrogens (tertiary/aromatic N) is 3. The number of amides is 1. The Balaban J connectivity index is 1.74. The average Bonchev–Trinajstić information content (AvgIpc) is 3.06. The summed E-state index contributed by atoms with van der Waals surface area (Å²) in [6.45, 7) is 10.4. The van der Waals surface area contributed by atoms with Gasteiger partial charge in [-0.05, 0) is 76.6 Å². The van der Waals surface area contributed by atoms with Crippen LogP contribution in [0.15, 0.2) is 34.2 Å². The van der Waals surface area contributed by atoms with Crippen LogP contribution in [0.2, 0.25) is 0 Å². The van der Waals surface area contributed by atoms with Gasteiger partial charge in [-0.25, -0.2) is 4.98 Å². The zero-order valence-electron chi connectivity index (χ0n) is 19.5. The normalized spacial score (nSPS) is 19.0. The van der Waals surface area contributed by atoms with Crippen molar-refractivity contribution < 1.29 is 4.79 Å². The van der Waals surface area contributed by atoms with Crippen molar-refractivity contribution in [3.05, 3.63) is 50.6 Å². The van der Waals surface area contributed by atoms with Crippen molar-refractivity contribution in [1.29, 1.82) is 0 Å². The van der Waals surface area contributed by atoms with Crippen LogP contribution < -0.4 is 5.56 Å². The van der Waals surface area contributed by atoms with Crippen LogP contribution in [0.1, 0.15) is 56.0 Å². The number of likely N-dealkylation sites (tertiary alicyclic amines) is 1. The average molecular weight is 470 g/mol. The first-order chi connectivity index (χ1) is 15.3. The smallest absolute Gasteiger partial charge is 0.267 e. The monoisotopic (exact) mass is 469 g/mol. The van der Waals surface area contributed by atoms with Crippen LogP contribution >= 0.6 is 23.1 Å². The van der Waals surface area contributed by atoms with Crippen LogP contribution in [0.4, 0.5) is 0 Å². The minimum atomic E-state index is -0.0595. The van der Waals surface area contributed by atoms with Gasteiger partial charge in [0.25, 0.3) is 5.56 Å². The fraction of sp³-hybridized carbons (Fsp3) is 0.480. The number of benzene rings is 1. The third-order valence-electron chi connectivity index (χ3n) is 6.58. The van der Waals surface area contributed by atoms with Gasteiger partial charge in [0.15, 0.2) is 5.16 Å². The van der Waals surface area contributed by atoms with Crippen molar-refractivity contribution in [3.8, 4) is 5.69 Å². The number of aromatic nitrogens is 2. The Bertz CT molecular complexity index is 1190. The number of fused-ring (bicyclic) bond motifs is 1. The molecule has 0 spiro atoms. The summed E-state index contributed by atoms with van der Waals surface area (Å²) in [7, 11) is 0. The number of hydrogen-bond acceptors (Lipinski definition) is 5. The van der Waals surface area contributed by atoms with Crippen molar-refractivity contribution in [2.24, 2.45) is 0 Å². The second-order valence-corrected chi connectivity index (χ2v) is 10.9. The van der Waals surface area contributed by atoms with Gasteiger partial charge in [-0.1, -0.05) is 30.8 Å². The highest BCUT2D eigenvalue weighted by Crippen LogP contribution is 2.30. The molecule has 4 rings (SSSR count). The van der Waals surface area contributed by atoms with E-state index in [-0.39, 0.29) is 29.3 Å². The number of hydrogen-bond donors (Lipinski definition) is 0. The van der Waals surface area contributed by atoms with Gasteiger partial charge >= 0.3 is 0 Å².